The topological polar surface area (TPSA) is 79.9 Å². The second kappa shape index (κ2) is 10.7. The van der Waals surface area contributed by atoms with Crippen molar-refractivity contribution in [1.82, 2.24) is 10.2 Å². The first-order valence-electron chi connectivity index (χ1n) is 11.8. The smallest absolute Gasteiger partial charge is 0.263 e. The Bertz CT molecular complexity index is 969. The van der Waals surface area contributed by atoms with Crippen molar-refractivity contribution in [3.63, 3.8) is 0 Å². The van der Waals surface area contributed by atoms with E-state index in [0.29, 0.717) is 46.8 Å². The van der Waals surface area contributed by atoms with Crippen LogP contribution in [0.4, 0.5) is 5.69 Å². The third-order valence-electron chi connectivity index (χ3n) is 6.79. The maximum absolute atomic E-state index is 12.9. The van der Waals surface area contributed by atoms with Gasteiger partial charge < -0.3 is 25.0 Å². The van der Waals surface area contributed by atoms with Gasteiger partial charge in [-0.25, -0.2) is 0 Å². The third-order valence-corrected chi connectivity index (χ3v) is 6.79. The van der Waals surface area contributed by atoms with Crippen LogP contribution < -0.4 is 20.1 Å². The lowest BCUT2D eigenvalue weighted by atomic mass is 9.83. The number of nitrogens with zero attached hydrogens (tertiary/aromatic N) is 1. The summed E-state index contributed by atoms with van der Waals surface area (Å²) in [6.07, 6.45) is 6.16. The Morgan fingerprint density at radius 2 is 1.67 bits per heavy atom. The molecule has 2 N–H and O–H groups in total. The predicted octanol–water partition coefficient (Wildman–Crippen LogP) is 3.95. The molecule has 0 bridgehead atoms. The number of rotatable bonds is 7. The molecule has 2 heterocycles. The number of anilines is 1. The summed E-state index contributed by atoms with van der Waals surface area (Å²) in [5, 5.41) is 5.99. The van der Waals surface area contributed by atoms with Crippen molar-refractivity contribution in [2.75, 3.05) is 39.2 Å². The maximum atomic E-state index is 12.9. The predicted molar refractivity (Wildman–Crippen MR) is 128 cm³/mol. The monoisotopic (exact) mass is 451 g/mol. The second-order valence-electron chi connectivity index (χ2n) is 8.78. The van der Waals surface area contributed by atoms with E-state index in [2.05, 4.69) is 15.5 Å². The highest BCUT2D eigenvalue weighted by molar-refractivity contribution is 6.08. The Hall–Kier alpha value is -3.06. The number of methoxy groups -OCH3 is 2. The Morgan fingerprint density at radius 1 is 0.939 bits per heavy atom. The van der Waals surface area contributed by atoms with Crippen LogP contribution in [-0.2, 0) is 0 Å². The number of carbonyl (C=O) groups is 2. The van der Waals surface area contributed by atoms with Gasteiger partial charge in [-0.3, -0.25) is 9.59 Å². The van der Waals surface area contributed by atoms with Gasteiger partial charge in [-0.2, -0.15) is 0 Å². The van der Waals surface area contributed by atoms with E-state index in [0.717, 1.165) is 6.42 Å². The van der Waals surface area contributed by atoms with Crippen molar-refractivity contribution in [2.45, 2.75) is 38.1 Å². The molecule has 0 spiro atoms. The summed E-state index contributed by atoms with van der Waals surface area (Å²) >= 11 is 0. The molecule has 0 aromatic heterocycles. The number of piperidine rings is 2. The molecule has 176 valence electrons. The van der Waals surface area contributed by atoms with E-state index >= 15 is 0 Å². The van der Waals surface area contributed by atoms with Gasteiger partial charge in [0.1, 0.15) is 17.1 Å². The number of nitrogens with one attached hydrogen (secondary N) is 2. The van der Waals surface area contributed by atoms with Crippen molar-refractivity contribution in [3.8, 4) is 11.5 Å². The molecule has 2 fully saturated rings. The van der Waals surface area contributed by atoms with Gasteiger partial charge >= 0.3 is 0 Å². The van der Waals surface area contributed by atoms with Crippen LogP contribution in [-0.4, -0.2) is 56.6 Å². The zero-order valence-electron chi connectivity index (χ0n) is 19.4. The lowest BCUT2D eigenvalue weighted by molar-refractivity contribution is 0.0575. The number of amides is 2. The normalized spacial score (nSPS) is 20.4. The van der Waals surface area contributed by atoms with Gasteiger partial charge in [0.2, 0.25) is 0 Å². The summed E-state index contributed by atoms with van der Waals surface area (Å²) in [4.78, 5) is 28.4. The first kappa shape index (κ1) is 23.1. The Kier molecular flexibility index (Phi) is 7.50. The molecular formula is C26H33N3O4. The lowest BCUT2D eigenvalue weighted by Gasteiger charge is -2.44. The van der Waals surface area contributed by atoms with Crippen LogP contribution in [0.25, 0.3) is 0 Å². The van der Waals surface area contributed by atoms with Crippen molar-refractivity contribution in [1.29, 1.82) is 0 Å². The van der Waals surface area contributed by atoms with Crippen molar-refractivity contribution < 1.29 is 19.1 Å². The van der Waals surface area contributed by atoms with Gasteiger partial charge in [0.15, 0.2) is 0 Å². The van der Waals surface area contributed by atoms with Gasteiger partial charge in [0, 0.05) is 23.8 Å². The van der Waals surface area contributed by atoms with E-state index in [4.69, 9.17) is 9.47 Å². The SMILES string of the molecule is COc1cccc(OC)c1C(=O)Nc1cccc(C(=O)NC[C@@H]2CCCN3CCCC[C@H]23)c1. The first-order valence-corrected chi connectivity index (χ1v) is 11.8. The molecule has 7 heteroatoms. The quantitative estimate of drug-likeness (QED) is 0.666. The van der Waals surface area contributed by atoms with E-state index < -0.39 is 0 Å². The molecule has 33 heavy (non-hydrogen) atoms. The van der Waals surface area contributed by atoms with Gasteiger partial charge in [-0.1, -0.05) is 18.6 Å². The van der Waals surface area contributed by atoms with Crippen LogP contribution in [0.3, 0.4) is 0 Å². The molecule has 2 aromatic rings. The van der Waals surface area contributed by atoms with Gasteiger partial charge in [-0.15, -0.1) is 0 Å². The Labute approximate surface area is 195 Å². The van der Waals surface area contributed by atoms with Crippen molar-refractivity contribution in [3.05, 3.63) is 53.6 Å². The Balaban J connectivity index is 1.41. The molecular weight excluding hydrogens is 418 g/mol. The summed E-state index contributed by atoms with van der Waals surface area (Å²) in [5.74, 6) is 0.870. The molecule has 2 amide bonds. The van der Waals surface area contributed by atoms with Gasteiger partial charge in [0.05, 0.1) is 14.2 Å². The average Bonchev–Trinajstić information content (AvgIpc) is 2.86. The minimum absolute atomic E-state index is 0.117. The second-order valence-corrected chi connectivity index (χ2v) is 8.78. The molecule has 4 rings (SSSR count). The zero-order chi connectivity index (χ0) is 23.2. The molecule has 0 saturated carbocycles. The first-order chi connectivity index (χ1) is 16.1. The van der Waals surface area contributed by atoms with Crippen LogP contribution >= 0.6 is 0 Å². The van der Waals surface area contributed by atoms with Crippen molar-refractivity contribution >= 4 is 17.5 Å². The highest BCUT2D eigenvalue weighted by atomic mass is 16.5. The molecule has 2 aliphatic rings. The van der Waals surface area contributed by atoms with Crippen LogP contribution in [0, 0.1) is 5.92 Å². The van der Waals surface area contributed by atoms with E-state index in [1.807, 2.05) is 0 Å². The van der Waals surface area contributed by atoms with E-state index in [1.165, 1.54) is 53.0 Å². The minimum Gasteiger partial charge on any atom is -0.496 e. The number of benzene rings is 2. The van der Waals surface area contributed by atoms with Crippen LogP contribution in [0.2, 0.25) is 0 Å². The van der Waals surface area contributed by atoms with Gasteiger partial charge in [-0.05, 0) is 75.0 Å². The van der Waals surface area contributed by atoms with E-state index in [9.17, 15) is 9.59 Å². The number of hydrogen-bond donors (Lipinski definition) is 2. The fraction of sp³-hybridized carbons (Fsp3) is 0.462. The number of ether oxygens (including phenoxy) is 2. The maximum Gasteiger partial charge on any atom is 0.263 e. The molecule has 7 nitrogen and oxygen atoms in total. The molecule has 0 radical (unpaired) electrons. The number of carbonyl (C=O) groups excluding carboxylic acids is 2. The summed E-state index contributed by atoms with van der Waals surface area (Å²) in [6, 6.07) is 12.8. The lowest BCUT2D eigenvalue weighted by Crippen LogP contribution is -2.51. The minimum atomic E-state index is -0.360. The molecule has 2 atom stereocenters. The molecule has 2 saturated heterocycles. The fourth-order valence-corrected chi connectivity index (χ4v) is 5.15. The van der Waals surface area contributed by atoms with E-state index in [-0.39, 0.29) is 11.8 Å². The average molecular weight is 452 g/mol. The molecule has 0 aliphatic carbocycles. The largest absolute Gasteiger partial charge is 0.496 e. The number of hydrogen-bond acceptors (Lipinski definition) is 5. The summed E-state index contributed by atoms with van der Waals surface area (Å²) < 4.78 is 10.7. The van der Waals surface area contributed by atoms with Crippen molar-refractivity contribution in [2.24, 2.45) is 5.92 Å². The zero-order valence-corrected chi connectivity index (χ0v) is 19.4. The number of fused-ring (bicyclic) bond motifs is 1. The Morgan fingerprint density at radius 3 is 2.42 bits per heavy atom. The highest BCUT2D eigenvalue weighted by Crippen LogP contribution is 2.31. The van der Waals surface area contributed by atoms with Crippen LogP contribution in [0.15, 0.2) is 42.5 Å². The van der Waals surface area contributed by atoms with Crippen LogP contribution in [0.5, 0.6) is 11.5 Å². The fourth-order valence-electron chi connectivity index (χ4n) is 5.15. The molecule has 2 aliphatic heterocycles. The van der Waals surface area contributed by atoms with Crippen LogP contribution in [0.1, 0.15) is 52.8 Å². The highest BCUT2D eigenvalue weighted by Gasteiger charge is 2.33. The molecule has 0 unspecified atom stereocenters. The third kappa shape index (κ3) is 5.30. The summed E-state index contributed by atoms with van der Waals surface area (Å²) in [6.45, 7) is 3.07. The summed E-state index contributed by atoms with van der Waals surface area (Å²) in [5.41, 5.74) is 1.37. The van der Waals surface area contributed by atoms with E-state index in [1.54, 1.807) is 42.5 Å². The molecule has 2 aromatic carbocycles. The summed E-state index contributed by atoms with van der Waals surface area (Å²) in [7, 11) is 3.02. The standard InChI is InChI=1S/C26H33N3O4/c1-32-22-12-6-13-23(33-2)24(22)26(31)28-20-10-5-8-18(16-20)25(30)27-17-19-9-7-15-29-14-4-3-11-21(19)29/h5-6,8,10,12-13,16,19,21H,3-4,7,9,11,14-15,17H2,1-2H3,(H,27,30)(H,28,31)/t19-,21+/m0/s1. The van der Waals surface area contributed by atoms with Gasteiger partial charge in [0.25, 0.3) is 11.8 Å².